The van der Waals surface area contributed by atoms with E-state index in [0.29, 0.717) is 6.42 Å². The number of hydrogen-bond acceptors (Lipinski definition) is 2. The van der Waals surface area contributed by atoms with Crippen LogP contribution in [0.3, 0.4) is 0 Å². The van der Waals surface area contributed by atoms with E-state index >= 15 is 0 Å². The molecule has 1 aliphatic rings. The summed E-state index contributed by atoms with van der Waals surface area (Å²) >= 11 is 0. The van der Waals surface area contributed by atoms with E-state index < -0.39 is 5.60 Å². The first-order chi connectivity index (χ1) is 8.64. The van der Waals surface area contributed by atoms with E-state index in [9.17, 15) is 4.79 Å². The van der Waals surface area contributed by atoms with Gasteiger partial charge in [-0.1, -0.05) is 33.8 Å². The van der Waals surface area contributed by atoms with E-state index in [2.05, 4.69) is 33.8 Å². The number of carbonyl (C=O) groups is 1. The van der Waals surface area contributed by atoms with Crippen LogP contribution in [-0.2, 0) is 11.8 Å². The molecule has 104 valence electrons. The van der Waals surface area contributed by atoms with Gasteiger partial charge < -0.3 is 4.74 Å². The average molecular weight is 260 g/mol. The van der Waals surface area contributed by atoms with Gasteiger partial charge in [-0.05, 0) is 37.3 Å². The molecule has 19 heavy (non-hydrogen) atoms. The minimum Gasteiger partial charge on any atom is -0.486 e. The number of ketones is 1. The van der Waals surface area contributed by atoms with Gasteiger partial charge in [-0.25, -0.2) is 0 Å². The highest BCUT2D eigenvalue weighted by molar-refractivity contribution is 6.01. The summed E-state index contributed by atoms with van der Waals surface area (Å²) in [7, 11) is 0. The fraction of sp³-hybridized carbons (Fsp3) is 0.588. The molecule has 0 atom stereocenters. The highest BCUT2D eigenvalue weighted by Crippen LogP contribution is 2.41. The molecule has 2 nitrogen and oxygen atoms in total. The van der Waals surface area contributed by atoms with Crippen LogP contribution >= 0.6 is 0 Å². The van der Waals surface area contributed by atoms with Crippen molar-refractivity contribution in [1.29, 1.82) is 0 Å². The predicted molar refractivity (Wildman–Crippen MR) is 78.2 cm³/mol. The smallest absolute Gasteiger partial charge is 0.170 e. The molecule has 2 heteroatoms. The summed E-state index contributed by atoms with van der Waals surface area (Å²) in [6, 6.07) is 4.19. The zero-order valence-corrected chi connectivity index (χ0v) is 12.9. The second-order valence-electron chi connectivity index (χ2n) is 7.09. The number of hydrogen-bond donors (Lipinski definition) is 0. The minimum absolute atomic E-state index is 0.0248. The quantitative estimate of drug-likeness (QED) is 0.753. The molecule has 2 rings (SSSR count). The molecule has 0 radical (unpaired) electrons. The Hall–Kier alpha value is -1.31. The van der Waals surface area contributed by atoms with E-state index in [1.807, 2.05) is 19.9 Å². The number of benzene rings is 1. The van der Waals surface area contributed by atoms with Gasteiger partial charge in [-0.15, -0.1) is 0 Å². The SMILES string of the molecule is CCc1cc2c(c(C(C)(C)C)c1)OC(C)(C)CC2=O. The highest BCUT2D eigenvalue weighted by atomic mass is 16.5. The average Bonchev–Trinajstić information content (AvgIpc) is 2.25. The van der Waals surface area contributed by atoms with E-state index in [0.717, 1.165) is 23.3 Å². The molecule has 0 bridgehead atoms. The van der Waals surface area contributed by atoms with Gasteiger partial charge in [0.05, 0.1) is 12.0 Å². The molecule has 0 unspecified atom stereocenters. The molecule has 0 N–H and O–H groups in total. The van der Waals surface area contributed by atoms with Crippen LogP contribution in [0.5, 0.6) is 5.75 Å². The molecule has 0 spiro atoms. The van der Waals surface area contributed by atoms with Crippen molar-refractivity contribution in [2.75, 3.05) is 0 Å². The zero-order valence-electron chi connectivity index (χ0n) is 12.9. The second-order valence-corrected chi connectivity index (χ2v) is 7.09. The lowest BCUT2D eigenvalue weighted by Crippen LogP contribution is -2.37. The van der Waals surface area contributed by atoms with Crippen LogP contribution in [0.15, 0.2) is 12.1 Å². The summed E-state index contributed by atoms with van der Waals surface area (Å²) in [6.07, 6.45) is 1.39. The molecule has 0 saturated heterocycles. The number of carbonyl (C=O) groups excluding carboxylic acids is 1. The Morgan fingerprint density at radius 1 is 1.26 bits per heavy atom. The van der Waals surface area contributed by atoms with Crippen molar-refractivity contribution in [1.82, 2.24) is 0 Å². The van der Waals surface area contributed by atoms with E-state index in [1.54, 1.807) is 0 Å². The summed E-state index contributed by atoms with van der Waals surface area (Å²) in [5.74, 6) is 0.998. The van der Waals surface area contributed by atoms with Gasteiger partial charge in [-0.3, -0.25) is 4.79 Å². The van der Waals surface area contributed by atoms with Crippen molar-refractivity contribution in [3.8, 4) is 5.75 Å². The van der Waals surface area contributed by atoms with Gasteiger partial charge in [0.1, 0.15) is 11.4 Å². The lowest BCUT2D eigenvalue weighted by Gasteiger charge is -2.36. The summed E-state index contributed by atoms with van der Waals surface area (Å²) < 4.78 is 6.13. The Morgan fingerprint density at radius 2 is 1.89 bits per heavy atom. The maximum atomic E-state index is 12.4. The largest absolute Gasteiger partial charge is 0.486 e. The summed E-state index contributed by atoms with van der Waals surface area (Å²) in [5, 5.41) is 0. The molecule has 0 aliphatic carbocycles. The van der Waals surface area contributed by atoms with Gasteiger partial charge in [0.25, 0.3) is 0 Å². The molecule has 1 heterocycles. The Bertz CT molecular complexity index is 519. The van der Waals surface area contributed by atoms with E-state index in [-0.39, 0.29) is 11.2 Å². The molecule has 0 saturated carbocycles. The fourth-order valence-electron chi connectivity index (χ4n) is 2.56. The van der Waals surface area contributed by atoms with Gasteiger partial charge in [-0.2, -0.15) is 0 Å². The van der Waals surface area contributed by atoms with E-state index in [1.165, 1.54) is 5.56 Å². The topological polar surface area (TPSA) is 26.3 Å². The summed E-state index contributed by atoms with van der Waals surface area (Å²) in [5.41, 5.74) is 2.69. The Balaban J connectivity index is 2.69. The summed E-state index contributed by atoms with van der Waals surface area (Å²) in [6.45, 7) is 12.6. The first-order valence-corrected chi connectivity index (χ1v) is 7.03. The van der Waals surface area contributed by atoms with Crippen LogP contribution in [0.2, 0.25) is 0 Å². The molecule has 1 aliphatic heterocycles. The Labute approximate surface area is 116 Å². The zero-order chi connectivity index (χ0) is 14.4. The fourth-order valence-corrected chi connectivity index (χ4v) is 2.56. The van der Waals surface area contributed by atoms with Crippen molar-refractivity contribution >= 4 is 5.78 Å². The monoisotopic (exact) mass is 260 g/mol. The molecular formula is C17H24O2. The molecule has 0 amide bonds. The van der Waals surface area contributed by atoms with Crippen LogP contribution < -0.4 is 4.74 Å². The Kier molecular flexibility index (Phi) is 3.24. The third-order valence-corrected chi connectivity index (χ3v) is 3.63. The number of aryl methyl sites for hydroxylation is 1. The molecule has 0 aromatic heterocycles. The summed E-state index contributed by atoms with van der Waals surface area (Å²) in [4.78, 5) is 12.4. The molecular weight excluding hydrogens is 236 g/mol. The van der Waals surface area contributed by atoms with Gasteiger partial charge in [0.15, 0.2) is 5.78 Å². The first kappa shape index (κ1) is 14.1. The molecule has 1 aromatic carbocycles. The van der Waals surface area contributed by atoms with Crippen molar-refractivity contribution in [2.24, 2.45) is 0 Å². The van der Waals surface area contributed by atoms with Crippen LogP contribution in [0.4, 0.5) is 0 Å². The van der Waals surface area contributed by atoms with Crippen molar-refractivity contribution in [2.45, 2.75) is 65.4 Å². The third kappa shape index (κ3) is 2.68. The number of Topliss-reactive ketones (excluding diaryl/α,β-unsaturated/α-hetero) is 1. The lowest BCUT2D eigenvalue weighted by molar-refractivity contribution is 0.0608. The second kappa shape index (κ2) is 4.36. The van der Waals surface area contributed by atoms with Crippen LogP contribution in [0.25, 0.3) is 0 Å². The van der Waals surface area contributed by atoms with Crippen molar-refractivity contribution in [3.05, 3.63) is 28.8 Å². The first-order valence-electron chi connectivity index (χ1n) is 7.03. The van der Waals surface area contributed by atoms with Gasteiger partial charge in [0, 0.05) is 5.56 Å². The maximum absolute atomic E-state index is 12.4. The van der Waals surface area contributed by atoms with Crippen molar-refractivity contribution < 1.29 is 9.53 Å². The minimum atomic E-state index is -0.405. The third-order valence-electron chi connectivity index (χ3n) is 3.63. The van der Waals surface area contributed by atoms with Crippen LogP contribution in [0.1, 0.15) is 69.4 Å². The normalized spacial score (nSPS) is 17.9. The highest BCUT2D eigenvalue weighted by Gasteiger charge is 2.36. The molecule has 1 aromatic rings. The lowest BCUT2D eigenvalue weighted by atomic mass is 9.81. The van der Waals surface area contributed by atoms with Gasteiger partial charge in [0.2, 0.25) is 0 Å². The maximum Gasteiger partial charge on any atom is 0.170 e. The molecule has 0 fully saturated rings. The van der Waals surface area contributed by atoms with Crippen LogP contribution in [0, 0.1) is 0 Å². The van der Waals surface area contributed by atoms with Gasteiger partial charge >= 0.3 is 0 Å². The van der Waals surface area contributed by atoms with Crippen molar-refractivity contribution in [3.63, 3.8) is 0 Å². The van der Waals surface area contributed by atoms with E-state index in [4.69, 9.17) is 4.74 Å². The number of rotatable bonds is 1. The Morgan fingerprint density at radius 3 is 2.42 bits per heavy atom. The standard InChI is InChI=1S/C17H24O2/c1-7-11-8-12-14(18)10-17(5,6)19-15(12)13(9-11)16(2,3)4/h8-9H,7,10H2,1-6H3. The predicted octanol–water partition coefficient (Wildman–Crippen LogP) is 4.29. The number of fused-ring (bicyclic) bond motifs is 1. The van der Waals surface area contributed by atoms with Crippen LogP contribution in [-0.4, -0.2) is 11.4 Å². The number of ether oxygens (including phenoxy) is 1.